The van der Waals surface area contributed by atoms with Gasteiger partial charge in [0, 0.05) is 10.0 Å². The highest BCUT2D eigenvalue weighted by Crippen LogP contribution is 2.41. The van der Waals surface area contributed by atoms with Crippen molar-refractivity contribution in [2.24, 2.45) is 0 Å². The molecule has 0 aromatic heterocycles. The number of nitrogens with one attached hydrogen (secondary N) is 3. The van der Waals surface area contributed by atoms with E-state index in [1.54, 1.807) is 12.1 Å². The molecule has 8 heteroatoms. The molecule has 1 aliphatic carbocycles. The van der Waals surface area contributed by atoms with Crippen molar-refractivity contribution in [3.63, 3.8) is 0 Å². The molecule has 2 fully saturated rings. The number of hydrogen-bond donors (Lipinski definition) is 3. The number of rotatable bonds is 7. The fourth-order valence-corrected chi connectivity index (χ4v) is 4.58. The zero-order valence-electron chi connectivity index (χ0n) is 17.3. The molecule has 1 saturated carbocycles. The zero-order chi connectivity index (χ0) is 22.1. The maximum atomic E-state index is 13.1. The minimum Gasteiger partial charge on any atom is -0.318 e. The molecule has 2 aromatic rings. The summed E-state index contributed by atoms with van der Waals surface area (Å²) in [5.41, 5.74) is 2.86. The predicted molar refractivity (Wildman–Crippen MR) is 120 cm³/mol. The third kappa shape index (κ3) is 3.85. The number of nitrogens with zero attached hydrogens (tertiary/aromatic N) is 1. The lowest BCUT2D eigenvalue weighted by atomic mass is 9.72. The van der Waals surface area contributed by atoms with Crippen LogP contribution in [0.5, 0.6) is 0 Å². The number of imide groups is 1. The molecule has 2 aliphatic rings. The highest BCUT2D eigenvalue weighted by atomic mass is 79.9. The monoisotopic (exact) mass is 484 g/mol. The molecular formula is C23H25BrN4O3. The number of urea groups is 1. The average molecular weight is 485 g/mol. The zero-order valence-corrected chi connectivity index (χ0v) is 18.9. The molecular weight excluding hydrogens is 460 g/mol. The first kappa shape index (κ1) is 21.5. The molecule has 1 saturated heterocycles. The first-order chi connectivity index (χ1) is 14.9. The first-order valence-electron chi connectivity index (χ1n) is 10.4. The van der Waals surface area contributed by atoms with Crippen LogP contribution in [0.2, 0.25) is 0 Å². The summed E-state index contributed by atoms with van der Waals surface area (Å²) in [4.78, 5) is 38.3. The number of carbonyl (C=O) groups excluding carboxylic acids is 3. The molecule has 2 aromatic carbocycles. The number of benzene rings is 2. The van der Waals surface area contributed by atoms with E-state index in [9.17, 15) is 14.4 Å². The van der Waals surface area contributed by atoms with Gasteiger partial charge in [0.25, 0.3) is 11.8 Å². The van der Waals surface area contributed by atoms with Crippen molar-refractivity contribution in [3.8, 4) is 0 Å². The van der Waals surface area contributed by atoms with E-state index in [4.69, 9.17) is 0 Å². The Balaban J connectivity index is 1.43. The van der Waals surface area contributed by atoms with Crippen molar-refractivity contribution >= 4 is 33.8 Å². The maximum absolute atomic E-state index is 13.1. The Morgan fingerprint density at radius 3 is 2.32 bits per heavy atom. The molecule has 3 N–H and O–H groups in total. The van der Waals surface area contributed by atoms with Gasteiger partial charge in [0.2, 0.25) is 0 Å². The van der Waals surface area contributed by atoms with Gasteiger partial charge in [-0.1, -0.05) is 65.3 Å². The first-order valence-corrected chi connectivity index (χ1v) is 11.2. The summed E-state index contributed by atoms with van der Waals surface area (Å²) in [6, 6.07) is 16.5. The topological polar surface area (TPSA) is 90.5 Å². The largest absolute Gasteiger partial charge is 0.344 e. The van der Waals surface area contributed by atoms with Crippen LogP contribution >= 0.6 is 15.9 Å². The molecule has 162 valence electrons. The van der Waals surface area contributed by atoms with Crippen LogP contribution in [0.3, 0.4) is 0 Å². The van der Waals surface area contributed by atoms with E-state index in [0.717, 1.165) is 34.3 Å². The number of hydrazine groups is 1. The summed E-state index contributed by atoms with van der Waals surface area (Å²) < 4.78 is 1.000. The van der Waals surface area contributed by atoms with Crippen molar-refractivity contribution in [2.75, 3.05) is 6.54 Å². The number of halogens is 1. The Morgan fingerprint density at radius 2 is 1.74 bits per heavy atom. The lowest BCUT2D eigenvalue weighted by molar-refractivity contribution is -0.139. The van der Waals surface area contributed by atoms with E-state index < -0.39 is 23.4 Å². The molecule has 0 spiro atoms. The molecule has 7 nitrogen and oxygen atoms in total. The quantitative estimate of drug-likeness (QED) is 0.525. The van der Waals surface area contributed by atoms with Crippen molar-refractivity contribution in [1.82, 2.24) is 21.1 Å². The van der Waals surface area contributed by atoms with Crippen molar-refractivity contribution in [2.45, 2.75) is 43.7 Å². The second-order valence-electron chi connectivity index (χ2n) is 8.03. The van der Waals surface area contributed by atoms with Crippen LogP contribution in [-0.4, -0.2) is 29.4 Å². The van der Waals surface area contributed by atoms with E-state index in [-0.39, 0.29) is 12.1 Å². The Morgan fingerprint density at radius 1 is 1.06 bits per heavy atom. The maximum Gasteiger partial charge on any atom is 0.344 e. The minimum absolute atomic E-state index is 0.00239. The average Bonchev–Trinajstić information content (AvgIpc) is 3.00. The summed E-state index contributed by atoms with van der Waals surface area (Å²) in [5, 5.41) is 6.90. The molecule has 0 radical (unpaired) electrons. The number of carbonyl (C=O) groups is 3. The van der Waals surface area contributed by atoms with Gasteiger partial charge in [-0.3, -0.25) is 20.3 Å². The summed E-state index contributed by atoms with van der Waals surface area (Å²) in [6.45, 7) is 1.83. The van der Waals surface area contributed by atoms with Gasteiger partial charge < -0.3 is 5.32 Å². The number of hydrogen-bond acceptors (Lipinski definition) is 4. The summed E-state index contributed by atoms with van der Waals surface area (Å²) in [5.74, 6) is -0.919. The van der Waals surface area contributed by atoms with Gasteiger partial charge in [0.15, 0.2) is 0 Å². The second kappa shape index (κ2) is 8.43. The molecule has 1 aliphatic heterocycles. The van der Waals surface area contributed by atoms with E-state index in [1.165, 1.54) is 0 Å². The summed E-state index contributed by atoms with van der Waals surface area (Å²) >= 11 is 3.45. The van der Waals surface area contributed by atoms with E-state index in [2.05, 4.69) is 32.0 Å². The summed E-state index contributed by atoms with van der Waals surface area (Å²) in [7, 11) is 0. The van der Waals surface area contributed by atoms with E-state index in [1.807, 2.05) is 49.4 Å². The van der Waals surface area contributed by atoms with Gasteiger partial charge in [0.1, 0.15) is 5.54 Å². The second-order valence-corrected chi connectivity index (χ2v) is 8.94. The van der Waals surface area contributed by atoms with Crippen molar-refractivity contribution in [3.05, 3.63) is 70.2 Å². The molecule has 0 bridgehead atoms. The SMILES string of the molecule is CCC1(c2ccccc2)NC(=O)N(NC(=O)CNC2(c3ccc(Br)cc3)CCC2)C1=O. The van der Waals surface area contributed by atoms with Gasteiger partial charge in [-0.2, -0.15) is 5.01 Å². The van der Waals surface area contributed by atoms with Gasteiger partial charge in [-0.15, -0.1) is 0 Å². The molecule has 1 heterocycles. The fourth-order valence-electron chi connectivity index (χ4n) is 4.32. The van der Waals surface area contributed by atoms with E-state index >= 15 is 0 Å². The van der Waals surface area contributed by atoms with Crippen LogP contribution < -0.4 is 16.1 Å². The highest BCUT2D eigenvalue weighted by molar-refractivity contribution is 9.10. The molecule has 31 heavy (non-hydrogen) atoms. The van der Waals surface area contributed by atoms with Crippen LogP contribution in [0.25, 0.3) is 0 Å². The third-order valence-electron chi connectivity index (χ3n) is 6.32. The fraction of sp³-hybridized carbons (Fsp3) is 0.348. The molecule has 1 unspecified atom stereocenters. The standard InChI is InChI=1S/C23H25BrN4O3/c1-2-23(17-7-4-3-5-8-17)20(30)28(21(31)26-23)27-19(29)15-25-22(13-6-14-22)16-9-11-18(24)12-10-16/h3-5,7-12,25H,2,6,13-15H2,1H3,(H,26,31)(H,27,29). The summed E-state index contributed by atoms with van der Waals surface area (Å²) in [6.07, 6.45) is 3.31. The minimum atomic E-state index is -1.17. The van der Waals surface area contributed by atoms with Gasteiger partial charge >= 0.3 is 6.03 Å². The number of amides is 4. The third-order valence-corrected chi connectivity index (χ3v) is 6.84. The normalized spacial score (nSPS) is 22.1. The van der Waals surface area contributed by atoms with Crippen LogP contribution in [-0.2, 0) is 20.7 Å². The van der Waals surface area contributed by atoms with Crippen molar-refractivity contribution in [1.29, 1.82) is 0 Å². The molecule has 4 amide bonds. The smallest absolute Gasteiger partial charge is 0.318 e. The predicted octanol–water partition coefficient (Wildman–Crippen LogP) is 3.31. The Labute approximate surface area is 189 Å². The highest BCUT2D eigenvalue weighted by Gasteiger charge is 2.52. The van der Waals surface area contributed by atoms with E-state index in [0.29, 0.717) is 12.0 Å². The van der Waals surface area contributed by atoms with Crippen LogP contribution in [0.4, 0.5) is 4.79 Å². The lowest BCUT2D eigenvalue weighted by Gasteiger charge is -2.43. The van der Waals surface area contributed by atoms with Crippen molar-refractivity contribution < 1.29 is 14.4 Å². The van der Waals surface area contributed by atoms with Crippen LogP contribution in [0, 0.1) is 0 Å². The van der Waals surface area contributed by atoms with Gasteiger partial charge in [0.05, 0.1) is 6.54 Å². The Hall–Kier alpha value is -2.71. The van der Waals surface area contributed by atoms with Gasteiger partial charge in [-0.05, 0) is 48.9 Å². The Bertz CT molecular complexity index is 992. The lowest BCUT2D eigenvalue weighted by Crippen LogP contribution is -2.55. The van der Waals surface area contributed by atoms with Crippen LogP contribution in [0.15, 0.2) is 59.1 Å². The van der Waals surface area contributed by atoms with Crippen LogP contribution in [0.1, 0.15) is 43.7 Å². The molecule has 1 atom stereocenters. The molecule has 4 rings (SSSR count). The van der Waals surface area contributed by atoms with Gasteiger partial charge in [-0.25, -0.2) is 4.79 Å². The Kier molecular flexibility index (Phi) is 5.85.